The zero-order valence-electron chi connectivity index (χ0n) is 13.9. The van der Waals surface area contributed by atoms with Crippen molar-refractivity contribution in [3.05, 3.63) is 66.4 Å². The average Bonchev–Trinajstić information content (AvgIpc) is 3.03. The minimum Gasteiger partial charge on any atom is -0.338 e. The fourth-order valence-corrected chi connectivity index (χ4v) is 2.43. The summed E-state index contributed by atoms with van der Waals surface area (Å²) in [5.74, 6) is 0.902. The largest absolute Gasteiger partial charge is 0.338 e. The lowest BCUT2D eigenvalue weighted by Gasteiger charge is -2.20. The number of benzene rings is 2. The average molecular weight is 305 g/mol. The zero-order chi connectivity index (χ0) is 16.3. The van der Waals surface area contributed by atoms with Crippen molar-refractivity contribution >= 4 is 0 Å². The molecule has 0 saturated heterocycles. The molecular formula is C20H23N3. The number of hydrogen-bond acceptors (Lipinski definition) is 2. The molecule has 0 unspecified atom stereocenters. The summed E-state index contributed by atoms with van der Waals surface area (Å²) in [5.41, 5.74) is 4.69. The second-order valence-electron chi connectivity index (χ2n) is 6.82. The minimum atomic E-state index is 0.116. The first-order chi connectivity index (χ1) is 11.0. The molecule has 2 aromatic carbocycles. The molecule has 1 heterocycles. The van der Waals surface area contributed by atoms with Crippen molar-refractivity contribution in [1.29, 1.82) is 0 Å². The highest BCUT2D eigenvalue weighted by atomic mass is 14.9. The molecule has 0 spiro atoms. The van der Waals surface area contributed by atoms with Gasteiger partial charge in [0.15, 0.2) is 0 Å². The number of hydrogen-bond donors (Lipinski definition) is 2. The third-order valence-electron chi connectivity index (χ3n) is 3.68. The lowest BCUT2D eigenvalue weighted by molar-refractivity contribution is 0.424. The van der Waals surface area contributed by atoms with Crippen LogP contribution in [0.3, 0.4) is 0 Å². The van der Waals surface area contributed by atoms with Crippen LogP contribution < -0.4 is 5.32 Å². The summed E-state index contributed by atoms with van der Waals surface area (Å²) in [6.07, 6.45) is 1.90. The van der Waals surface area contributed by atoms with Gasteiger partial charge in [-0.1, -0.05) is 48.5 Å². The van der Waals surface area contributed by atoms with E-state index in [0.29, 0.717) is 0 Å². The minimum absolute atomic E-state index is 0.116. The molecule has 0 aliphatic rings. The second kappa shape index (κ2) is 6.39. The van der Waals surface area contributed by atoms with E-state index in [-0.39, 0.29) is 5.54 Å². The van der Waals surface area contributed by atoms with E-state index < -0.39 is 0 Å². The Hall–Kier alpha value is -2.39. The number of nitrogens with one attached hydrogen (secondary N) is 2. The van der Waals surface area contributed by atoms with Gasteiger partial charge in [-0.15, -0.1) is 0 Å². The van der Waals surface area contributed by atoms with Crippen LogP contribution in [0.5, 0.6) is 0 Å². The molecule has 0 bridgehead atoms. The molecule has 3 aromatic rings. The quantitative estimate of drug-likeness (QED) is 0.737. The van der Waals surface area contributed by atoms with Gasteiger partial charge in [0, 0.05) is 17.6 Å². The highest BCUT2D eigenvalue weighted by molar-refractivity contribution is 5.64. The number of rotatable bonds is 4. The van der Waals surface area contributed by atoms with Crippen LogP contribution in [-0.4, -0.2) is 15.5 Å². The molecule has 3 rings (SSSR count). The molecule has 3 nitrogen and oxygen atoms in total. The van der Waals surface area contributed by atoms with E-state index in [1.165, 1.54) is 5.56 Å². The van der Waals surface area contributed by atoms with E-state index >= 15 is 0 Å². The summed E-state index contributed by atoms with van der Waals surface area (Å²) < 4.78 is 0. The van der Waals surface area contributed by atoms with Crippen LogP contribution >= 0.6 is 0 Å². The number of H-pyrrole nitrogens is 1. The fourth-order valence-electron chi connectivity index (χ4n) is 2.43. The van der Waals surface area contributed by atoms with E-state index in [1.807, 2.05) is 24.4 Å². The van der Waals surface area contributed by atoms with Gasteiger partial charge in [-0.2, -0.15) is 0 Å². The third-order valence-corrected chi connectivity index (χ3v) is 3.68. The topological polar surface area (TPSA) is 40.7 Å². The Morgan fingerprint density at radius 3 is 2.43 bits per heavy atom. The van der Waals surface area contributed by atoms with Crippen LogP contribution in [0.4, 0.5) is 0 Å². The molecule has 0 fully saturated rings. The maximum atomic E-state index is 4.51. The van der Waals surface area contributed by atoms with Crippen molar-refractivity contribution in [1.82, 2.24) is 15.3 Å². The van der Waals surface area contributed by atoms with Crippen LogP contribution in [0.25, 0.3) is 22.6 Å². The predicted octanol–water partition coefficient (Wildman–Crippen LogP) is 4.63. The van der Waals surface area contributed by atoms with Gasteiger partial charge in [0.2, 0.25) is 0 Å². The van der Waals surface area contributed by atoms with Crippen LogP contribution in [0.1, 0.15) is 26.3 Å². The van der Waals surface area contributed by atoms with E-state index in [0.717, 1.165) is 29.2 Å². The van der Waals surface area contributed by atoms with Crippen molar-refractivity contribution in [2.45, 2.75) is 32.9 Å². The van der Waals surface area contributed by atoms with E-state index in [2.05, 4.69) is 72.5 Å². The highest BCUT2D eigenvalue weighted by Gasteiger charge is 2.09. The summed E-state index contributed by atoms with van der Waals surface area (Å²) >= 11 is 0. The molecule has 0 aliphatic heterocycles. The van der Waals surface area contributed by atoms with Crippen LogP contribution in [0, 0.1) is 0 Å². The summed E-state index contributed by atoms with van der Waals surface area (Å²) in [4.78, 5) is 7.92. The third kappa shape index (κ3) is 4.08. The van der Waals surface area contributed by atoms with Crippen LogP contribution in [0.2, 0.25) is 0 Å². The molecule has 0 saturated carbocycles. The van der Waals surface area contributed by atoms with E-state index in [1.54, 1.807) is 0 Å². The molecule has 0 atom stereocenters. The van der Waals surface area contributed by atoms with Crippen molar-refractivity contribution in [2.24, 2.45) is 0 Å². The van der Waals surface area contributed by atoms with Crippen molar-refractivity contribution in [2.75, 3.05) is 0 Å². The lowest BCUT2D eigenvalue weighted by atomic mass is 10.1. The van der Waals surface area contributed by atoms with Gasteiger partial charge in [0.05, 0.1) is 11.9 Å². The molecule has 23 heavy (non-hydrogen) atoms. The van der Waals surface area contributed by atoms with Gasteiger partial charge in [0.1, 0.15) is 5.82 Å². The standard InChI is InChI=1S/C20H23N3/c1-20(2,3)22-13-15-8-7-11-17(12-15)18-14-21-19(23-18)16-9-5-4-6-10-16/h4-12,14,22H,13H2,1-3H3,(H,21,23). The molecule has 2 N–H and O–H groups in total. The Bertz CT molecular complexity index is 767. The van der Waals surface area contributed by atoms with Gasteiger partial charge >= 0.3 is 0 Å². The molecule has 118 valence electrons. The number of imidazole rings is 1. The molecule has 3 heteroatoms. The van der Waals surface area contributed by atoms with Gasteiger partial charge in [-0.05, 0) is 38.0 Å². The molecule has 1 aromatic heterocycles. The first-order valence-electron chi connectivity index (χ1n) is 7.96. The van der Waals surface area contributed by atoms with E-state index in [4.69, 9.17) is 0 Å². The van der Waals surface area contributed by atoms with Crippen molar-refractivity contribution in [3.63, 3.8) is 0 Å². The van der Waals surface area contributed by atoms with Gasteiger partial charge in [-0.3, -0.25) is 0 Å². The van der Waals surface area contributed by atoms with Crippen molar-refractivity contribution in [3.8, 4) is 22.6 Å². The predicted molar refractivity (Wildman–Crippen MR) is 96.1 cm³/mol. The first-order valence-corrected chi connectivity index (χ1v) is 7.96. The highest BCUT2D eigenvalue weighted by Crippen LogP contribution is 2.23. The lowest BCUT2D eigenvalue weighted by Crippen LogP contribution is -2.35. The summed E-state index contributed by atoms with van der Waals surface area (Å²) in [6.45, 7) is 7.39. The van der Waals surface area contributed by atoms with Crippen LogP contribution in [-0.2, 0) is 6.54 Å². The summed E-state index contributed by atoms with van der Waals surface area (Å²) in [7, 11) is 0. The normalized spacial score (nSPS) is 11.6. The number of aromatic amines is 1. The molecule has 0 radical (unpaired) electrons. The Labute approximate surface area is 137 Å². The zero-order valence-corrected chi connectivity index (χ0v) is 13.9. The fraction of sp³-hybridized carbons (Fsp3) is 0.250. The van der Waals surface area contributed by atoms with E-state index in [9.17, 15) is 0 Å². The number of nitrogens with zero attached hydrogens (tertiary/aromatic N) is 1. The SMILES string of the molecule is CC(C)(C)NCc1cccc(-c2cnc(-c3ccccc3)[nH]2)c1. The maximum absolute atomic E-state index is 4.51. The number of aromatic nitrogens is 2. The second-order valence-corrected chi connectivity index (χ2v) is 6.82. The Morgan fingerprint density at radius 2 is 1.70 bits per heavy atom. The maximum Gasteiger partial charge on any atom is 0.137 e. The first kappa shape index (κ1) is 15.5. The van der Waals surface area contributed by atoms with Crippen molar-refractivity contribution < 1.29 is 0 Å². The molecule has 0 aliphatic carbocycles. The molecular weight excluding hydrogens is 282 g/mol. The van der Waals surface area contributed by atoms with Crippen LogP contribution in [0.15, 0.2) is 60.8 Å². The summed E-state index contributed by atoms with van der Waals surface area (Å²) in [5, 5.41) is 3.52. The summed E-state index contributed by atoms with van der Waals surface area (Å²) in [6, 6.07) is 18.8. The molecule has 0 amide bonds. The van der Waals surface area contributed by atoms with Gasteiger partial charge in [0.25, 0.3) is 0 Å². The Morgan fingerprint density at radius 1 is 0.957 bits per heavy atom. The smallest absolute Gasteiger partial charge is 0.137 e. The van der Waals surface area contributed by atoms with Gasteiger partial charge < -0.3 is 10.3 Å². The Balaban J connectivity index is 1.81. The van der Waals surface area contributed by atoms with Gasteiger partial charge in [-0.25, -0.2) is 4.98 Å². The monoisotopic (exact) mass is 305 g/mol. The Kier molecular flexibility index (Phi) is 4.30.